The molecule has 1 aliphatic heterocycles. The minimum atomic E-state index is -0.224. The number of imide groups is 1. The van der Waals surface area contributed by atoms with Crippen LogP contribution in [0.15, 0.2) is 47.6 Å². The second kappa shape index (κ2) is 6.17. The SMILES string of the molecule is Cc1cc(C=NN2C(=O)[C@@H]3[C@H](C2=O)[C@H]2C=C[C@H]3C2)c(C)n1-c1cccc(Cl)c1. The summed E-state index contributed by atoms with van der Waals surface area (Å²) in [5.41, 5.74) is 3.84. The first-order valence-corrected chi connectivity index (χ1v) is 9.88. The van der Waals surface area contributed by atoms with E-state index in [0.29, 0.717) is 5.02 Å². The molecular formula is C22H20ClN3O2. The van der Waals surface area contributed by atoms with Gasteiger partial charge in [-0.15, -0.1) is 0 Å². The molecule has 1 saturated carbocycles. The number of fused-ring (bicyclic) bond motifs is 5. The van der Waals surface area contributed by atoms with Gasteiger partial charge < -0.3 is 4.57 Å². The number of halogens is 1. The number of nitrogens with zero attached hydrogens (tertiary/aromatic N) is 3. The molecule has 5 nitrogen and oxygen atoms in total. The van der Waals surface area contributed by atoms with E-state index >= 15 is 0 Å². The Bertz CT molecular complexity index is 1040. The van der Waals surface area contributed by atoms with Gasteiger partial charge in [0, 0.05) is 27.7 Å². The zero-order chi connectivity index (χ0) is 19.6. The van der Waals surface area contributed by atoms with Crippen LogP contribution in [0.5, 0.6) is 0 Å². The lowest BCUT2D eigenvalue weighted by molar-refractivity contribution is -0.140. The van der Waals surface area contributed by atoms with Gasteiger partial charge in [-0.1, -0.05) is 29.8 Å². The molecule has 1 aromatic heterocycles. The van der Waals surface area contributed by atoms with E-state index in [-0.39, 0.29) is 35.5 Å². The topological polar surface area (TPSA) is 54.7 Å². The maximum absolute atomic E-state index is 12.8. The van der Waals surface area contributed by atoms with Crippen LogP contribution in [-0.4, -0.2) is 27.6 Å². The molecule has 2 aliphatic carbocycles. The Kier molecular flexibility index (Phi) is 3.85. The van der Waals surface area contributed by atoms with E-state index in [4.69, 9.17) is 11.6 Å². The van der Waals surface area contributed by atoms with Gasteiger partial charge in [0.05, 0.1) is 18.1 Å². The highest BCUT2D eigenvalue weighted by molar-refractivity contribution is 6.30. The van der Waals surface area contributed by atoms with E-state index in [9.17, 15) is 9.59 Å². The monoisotopic (exact) mass is 393 g/mol. The molecule has 2 aromatic rings. The first-order valence-electron chi connectivity index (χ1n) is 9.50. The van der Waals surface area contributed by atoms with E-state index in [1.54, 1.807) is 6.21 Å². The average Bonchev–Trinajstić information content (AvgIpc) is 3.39. The molecule has 142 valence electrons. The summed E-state index contributed by atoms with van der Waals surface area (Å²) in [6.07, 6.45) is 6.71. The average molecular weight is 394 g/mol. The number of hydrazone groups is 1. The Balaban J connectivity index is 1.45. The summed E-state index contributed by atoms with van der Waals surface area (Å²) in [5, 5.41) is 6.06. The lowest BCUT2D eigenvalue weighted by Crippen LogP contribution is -2.28. The molecule has 2 bridgehead atoms. The maximum Gasteiger partial charge on any atom is 0.254 e. The van der Waals surface area contributed by atoms with Crippen molar-refractivity contribution in [2.24, 2.45) is 28.8 Å². The number of hydrogen-bond acceptors (Lipinski definition) is 3. The Morgan fingerprint density at radius 1 is 1.07 bits per heavy atom. The number of carbonyl (C=O) groups excluding carboxylic acids is 2. The maximum atomic E-state index is 12.8. The van der Waals surface area contributed by atoms with Crippen LogP contribution >= 0.6 is 11.6 Å². The molecule has 1 aromatic carbocycles. The molecule has 0 unspecified atom stereocenters. The Morgan fingerprint density at radius 3 is 2.39 bits per heavy atom. The van der Waals surface area contributed by atoms with Crippen molar-refractivity contribution in [3.63, 3.8) is 0 Å². The van der Waals surface area contributed by atoms with Crippen LogP contribution in [0.1, 0.15) is 23.4 Å². The number of amides is 2. The van der Waals surface area contributed by atoms with Crippen molar-refractivity contribution in [1.29, 1.82) is 0 Å². The van der Waals surface area contributed by atoms with Gasteiger partial charge in [0.2, 0.25) is 0 Å². The molecule has 2 amide bonds. The largest absolute Gasteiger partial charge is 0.318 e. The standard InChI is InChI=1S/C22H20ClN3O2/c1-12-8-16(13(2)25(12)18-5-3-4-17(23)10-18)11-24-26-21(27)19-14-6-7-15(9-14)20(19)22(26)28/h3-8,10-11,14-15,19-20H,9H2,1-2H3/t14-,15-,19-,20+/m0/s1. The van der Waals surface area contributed by atoms with E-state index in [1.807, 2.05) is 44.2 Å². The summed E-state index contributed by atoms with van der Waals surface area (Å²) < 4.78 is 2.08. The number of hydrogen-bond donors (Lipinski definition) is 0. The molecule has 0 spiro atoms. The molecule has 2 fully saturated rings. The smallest absolute Gasteiger partial charge is 0.254 e. The van der Waals surface area contributed by atoms with E-state index in [1.165, 1.54) is 0 Å². The molecule has 0 N–H and O–H groups in total. The predicted molar refractivity (Wildman–Crippen MR) is 107 cm³/mol. The van der Waals surface area contributed by atoms with E-state index < -0.39 is 0 Å². The van der Waals surface area contributed by atoms with Gasteiger partial charge in [0.25, 0.3) is 11.8 Å². The van der Waals surface area contributed by atoms with Gasteiger partial charge in [-0.3, -0.25) is 9.59 Å². The molecule has 4 atom stereocenters. The molecule has 28 heavy (non-hydrogen) atoms. The van der Waals surface area contributed by atoms with Gasteiger partial charge in [-0.2, -0.15) is 10.1 Å². The third kappa shape index (κ3) is 2.42. The summed E-state index contributed by atoms with van der Waals surface area (Å²) in [5.74, 6) is -0.380. The molecular weight excluding hydrogens is 374 g/mol. The van der Waals surface area contributed by atoms with Gasteiger partial charge in [-0.25, -0.2) is 0 Å². The highest BCUT2D eigenvalue weighted by Gasteiger charge is 2.59. The Hall–Kier alpha value is -2.66. The zero-order valence-electron chi connectivity index (χ0n) is 15.7. The fraction of sp³-hybridized carbons (Fsp3) is 0.318. The van der Waals surface area contributed by atoms with Crippen molar-refractivity contribution in [2.75, 3.05) is 0 Å². The molecule has 3 aliphatic rings. The zero-order valence-corrected chi connectivity index (χ0v) is 16.4. The van der Waals surface area contributed by atoms with Crippen molar-refractivity contribution >= 4 is 29.6 Å². The fourth-order valence-corrected chi connectivity index (χ4v) is 5.24. The van der Waals surface area contributed by atoms with Crippen LogP contribution in [0.2, 0.25) is 5.02 Å². The minimum Gasteiger partial charge on any atom is -0.318 e. The highest BCUT2D eigenvalue weighted by atomic mass is 35.5. The van der Waals surface area contributed by atoms with Gasteiger partial charge in [0.15, 0.2) is 0 Å². The van der Waals surface area contributed by atoms with E-state index in [2.05, 4.69) is 21.8 Å². The molecule has 6 heteroatoms. The summed E-state index contributed by atoms with van der Waals surface area (Å²) in [6, 6.07) is 9.64. The first-order chi connectivity index (χ1) is 13.5. The second-order valence-electron chi connectivity index (χ2n) is 7.87. The molecule has 2 heterocycles. The van der Waals surface area contributed by atoms with Crippen LogP contribution in [0.3, 0.4) is 0 Å². The van der Waals surface area contributed by atoms with Crippen molar-refractivity contribution in [2.45, 2.75) is 20.3 Å². The van der Waals surface area contributed by atoms with Crippen molar-refractivity contribution < 1.29 is 9.59 Å². The van der Waals surface area contributed by atoms with Gasteiger partial charge in [0.1, 0.15) is 0 Å². The minimum absolute atomic E-state index is 0.160. The normalized spacial score (nSPS) is 28.2. The number of carbonyl (C=O) groups is 2. The fourth-order valence-electron chi connectivity index (χ4n) is 5.05. The first kappa shape index (κ1) is 17.4. The second-order valence-corrected chi connectivity index (χ2v) is 8.31. The number of rotatable bonds is 3. The summed E-state index contributed by atoms with van der Waals surface area (Å²) in [6.45, 7) is 3.99. The van der Waals surface area contributed by atoms with Crippen molar-refractivity contribution in [3.8, 4) is 5.69 Å². The lowest BCUT2D eigenvalue weighted by Gasteiger charge is -2.13. The van der Waals surface area contributed by atoms with Crippen LogP contribution in [-0.2, 0) is 9.59 Å². The molecule has 0 radical (unpaired) electrons. The van der Waals surface area contributed by atoms with Crippen LogP contribution in [0, 0.1) is 37.5 Å². The number of benzene rings is 1. The van der Waals surface area contributed by atoms with E-state index in [0.717, 1.165) is 34.1 Å². The van der Waals surface area contributed by atoms with Gasteiger partial charge >= 0.3 is 0 Å². The summed E-state index contributed by atoms with van der Waals surface area (Å²) >= 11 is 6.13. The third-order valence-electron chi connectivity index (χ3n) is 6.30. The lowest BCUT2D eigenvalue weighted by atomic mass is 9.85. The molecule has 5 rings (SSSR count). The van der Waals surface area contributed by atoms with Crippen LogP contribution in [0.4, 0.5) is 0 Å². The number of aromatic nitrogens is 1. The highest BCUT2D eigenvalue weighted by Crippen LogP contribution is 2.52. The van der Waals surface area contributed by atoms with Gasteiger partial charge in [-0.05, 0) is 56.4 Å². The Labute approximate surface area is 168 Å². The third-order valence-corrected chi connectivity index (χ3v) is 6.53. The quantitative estimate of drug-likeness (QED) is 0.451. The summed E-state index contributed by atoms with van der Waals surface area (Å²) in [4.78, 5) is 25.5. The Morgan fingerprint density at radius 2 is 1.75 bits per heavy atom. The van der Waals surface area contributed by atoms with Crippen LogP contribution < -0.4 is 0 Å². The van der Waals surface area contributed by atoms with Crippen molar-refractivity contribution in [3.05, 3.63) is 64.5 Å². The van der Waals surface area contributed by atoms with Crippen molar-refractivity contribution in [1.82, 2.24) is 9.58 Å². The summed E-state index contributed by atoms with van der Waals surface area (Å²) in [7, 11) is 0. The predicted octanol–water partition coefficient (Wildman–Crippen LogP) is 3.89. The molecule has 1 saturated heterocycles. The number of allylic oxidation sites excluding steroid dienone is 2. The van der Waals surface area contributed by atoms with Crippen LogP contribution in [0.25, 0.3) is 5.69 Å². The number of aryl methyl sites for hydroxylation is 1.